The van der Waals surface area contributed by atoms with Crippen molar-refractivity contribution < 1.29 is 28.7 Å². The minimum atomic E-state index is -0.592. The van der Waals surface area contributed by atoms with Gasteiger partial charge in [-0.15, -0.1) is 11.3 Å². The summed E-state index contributed by atoms with van der Waals surface area (Å²) in [5.41, 5.74) is 1.31. The Balaban J connectivity index is 1.44. The molecule has 0 atom stereocenters. The topological polar surface area (TPSA) is 115 Å². The van der Waals surface area contributed by atoms with Gasteiger partial charge in [0.25, 0.3) is 5.91 Å². The summed E-state index contributed by atoms with van der Waals surface area (Å²) in [6.45, 7) is 0.191. The van der Waals surface area contributed by atoms with Crippen molar-refractivity contribution in [2.45, 2.75) is 19.3 Å². The highest BCUT2D eigenvalue weighted by atomic mass is 32.1. The highest BCUT2D eigenvalue weighted by Gasteiger charge is 2.24. The standard InChI is InChI=1S/C19H19N3O6S/c1-27-18(26)12-4-6-13(7-5-12)20-15(23)10-28-17(25)9-14-11-29-19(21-14)22-8-2-3-16(22)24/h4-7,11H,2-3,8-10H2,1H3,(H,20,23). The van der Waals surface area contributed by atoms with Crippen LogP contribution in [0.25, 0.3) is 0 Å². The molecule has 1 N–H and O–H groups in total. The molecule has 1 fully saturated rings. The van der Waals surface area contributed by atoms with Gasteiger partial charge in [0, 0.05) is 24.0 Å². The molecule has 152 valence electrons. The first kappa shape index (κ1) is 20.5. The number of ether oxygens (including phenoxy) is 2. The number of hydrogen-bond acceptors (Lipinski definition) is 8. The quantitative estimate of drug-likeness (QED) is 0.683. The van der Waals surface area contributed by atoms with Gasteiger partial charge in [-0.05, 0) is 30.7 Å². The summed E-state index contributed by atoms with van der Waals surface area (Å²) in [5, 5.41) is 4.84. The number of nitrogens with one attached hydrogen (secondary N) is 1. The predicted molar refractivity (Wildman–Crippen MR) is 105 cm³/mol. The average molecular weight is 417 g/mol. The molecule has 0 unspecified atom stereocenters. The molecule has 0 aliphatic carbocycles. The largest absolute Gasteiger partial charge is 0.465 e. The van der Waals surface area contributed by atoms with E-state index in [1.807, 2.05) is 0 Å². The zero-order valence-corrected chi connectivity index (χ0v) is 16.5. The molecule has 3 rings (SSSR count). The molecule has 10 heteroatoms. The van der Waals surface area contributed by atoms with Gasteiger partial charge in [0.2, 0.25) is 5.91 Å². The lowest BCUT2D eigenvalue weighted by Crippen LogP contribution is -2.23. The van der Waals surface area contributed by atoms with Crippen LogP contribution in [0.15, 0.2) is 29.6 Å². The summed E-state index contributed by atoms with van der Waals surface area (Å²) in [7, 11) is 1.28. The zero-order valence-electron chi connectivity index (χ0n) is 15.7. The molecule has 0 bridgehead atoms. The van der Waals surface area contributed by atoms with Crippen molar-refractivity contribution in [3.8, 4) is 0 Å². The van der Waals surface area contributed by atoms with E-state index in [9.17, 15) is 19.2 Å². The number of aromatic nitrogens is 1. The molecule has 0 saturated carbocycles. The number of esters is 2. The van der Waals surface area contributed by atoms with Gasteiger partial charge in [0.05, 0.1) is 24.8 Å². The van der Waals surface area contributed by atoms with Crippen LogP contribution in [0.4, 0.5) is 10.8 Å². The lowest BCUT2D eigenvalue weighted by Gasteiger charge is -2.10. The number of anilines is 2. The summed E-state index contributed by atoms with van der Waals surface area (Å²) in [6.07, 6.45) is 1.23. The van der Waals surface area contributed by atoms with Gasteiger partial charge in [-0.1, -0.05) is 0 Å². The third-order valence-corrected chi connectivity index (χ3v) is 5.04. The second-order valence-electron chi connectivity index (χ2n) is 6.22. The van der Waals surface area contributed by atoms with Crippen molar-refractivity contribution >= 4 is 45.9 Å². The second kappa shape index (κ2) is 9.28. The van der Waals surface area contributed by atoms with E-state index in [4.69, 9.17) is 4.74 Å². The van der Waals surface area contributed by atoms with Crippen LogP contribution >= 0.6 is 11.3 Å². The van der Waals surface area contributed by atoms with Crippen LogP contribution in [0, 0.1) is 0 Å². The van der Waals surface area contributed by atoms with Crippen LogP contribution in [-0.4, -0.2) is 49.0 Å². The Labute approximate surface area is 170 Å². The number of benzene rings is 1. The molecule has 2 aromatic rings. The number of carbonyl (C=O) groups excluding carboxylic acids is 4. The lowest BCUT2D eigenvalue weighted by molar-refractivity contribution is -0.146. The van der Waals surface area contributed by atoms with Gasteiger partial charge in [-0.3, -0.25) is 19.3 Å². The minimum Gasteiger partial charge on any atom is -0.465 e. The molecule has 0 spiro atoms. The van der Waals surface area contributed by atoms with Crippen LogP contribution in [0.5, 0.6) is 0 Å². The third-order valence-electron chi connectivity index (χ3n) is 4.12. The summed E-state index contributed by atoms with van der Waals surface area (Å²) in [4.78, 5) is 52.9. The maximum absolute atomic E-state index is 11.9. The predicted octanol–water partition coefficient (Wildman–Crippen LogP) is 1.78. The molecule has 1 aromatic heterocycles. The Bertz CT molecular complexity index is 924. The van der Waals surface area contributed by atoms with Gasteiger partial charge < -0.3 is 14.8 Å². The maximum Gasteiger partial charge on any atom is 0.337 e. The molecule has 0 radical (unpaired) electrons. The van der Waals surface area contributed by atoms with Gasteiger partial charge in [0.15, 0.2) is 11.7 Å². The second-order valence-corrected chi connectivity index (χ2v) is 7.06. The molecule has 2 heterocycles. The number of nitrogens with zero attached hydrogens (tertiary/aromatic N) is 2. The van der Waals surface area contributed by atoms with E-state index in [0.29, 0.717) is 35.0 Å². The first-order chi connectivity index (χ1) is 14.0. The Morgan fingerprint density at radius 2 is 2.00 bits per heavy atom. The summed E-state index contributed by atoms with van der Waals surface area (Å²) < 4.78 is 9.57. The SMILES string of the molecule is COC(=O)c1ccc(NC(=O)COC(=O)Cc2csc(N3CCCC3=O)n2)cc1. The fourth-order valence-electron chi connectivity index (χ4n) is 2.70. The summed E-state index contributed by atoms with van der Waals surface area (Å²) >= 11 is 1.30. The number of amides is 2. The molecule has 2 amide bonds. The van der Waals surface area contributed by atoms with Gasteiger partial charge >= 0.3 is 11.9 Å². The summed E-state index contributed by atoms with van der Waals surface area (Å²) in [6, 6.07) is 6.11. The molecule has 9 nitrogen and oxygen atoms in total. The van der Waals surface area contributed by atoms with Gasteiger partial charge in [-0.25, -0.2) is 9.78 Å². The average Bonchev–Trinajstić information content (AvgIpc) is 3.35. The fourth-order valence-corrected chi connectivity index (χ4v) is 3.57. The van der Waals surface area contributed by atoms with Crippen molar-refractivity contribution in [2.75, 3.05) is 30.5 Å². The van der Waals surface area contributed by atoms with Crippen LogP contribution in [0.2, 0.25) is 0 Å². The minimum absolute atomic E-state index is 0.0322. The molecule has 1 aliphatic heterocycles. The van der Waals surface area contributed by atoms with Crippen molar-refractivity contribution in [1.29, 1.82) is 0 Å². The number of carbonyl (C=O) groups is 4. The monoisotopic (exact) mass is 417 g/mol. The van der Waals surface area contributed by atoms with Crippen molar-refractivity contribution in [3.05, 3.63) is 40.9 Å². The van der Waals surface area contributed by atoms with Crippen LogP contribution in [0.3, 0.4) is 0 Å². The number of rotatable bonds is 7. The first-order valence-electron chi connectivity index (χ1n) is 8.85. The van der Waals surface area contributed by atoms with Crippen LogP contribution < -0.4 is 10.2 Å². The van der Waals surface area contributed by atoms with Crippen molar-refractivity contribution in [1.82, 2.24) is 4.98 Å². The summed E-state index contributed by atoms with van der Waals surface area (Å²) in [5.74, 6) is -1.54. The van der Waals surface area contributed by atoms with E-state index in [1.165, 1.54) is 30.6 Å². The first-order valence-corrected chi connectivity index (χ1v) is 9.73. The van der Waals surface area contributed by atoms with E-state index in [-0.39, 0.29) is 12.3 Å². The third kappa shape index (κ3) is 5.38. The van der Waals surface area contributed by atoms with E-state index in [2.05, 4.69) is 15.0 Å². The Morgan fingerprint density at radius 1 is 1.24 bits per heavy atom. The molecular weight excluding hydrogens is 398 g/mol. The number of methoxy groups -OCH3 is 1. The normalized spacial score (nSPS) is 13.3. The molecular formula is C19H19N3O6S. The maximum atomic E-state index is 11.9. The van der Waals surface area contributed by atoms with Crippen LogP contribution in [-0.2, 0) is 30.3 Å². The molecule has 1 aromatic carbocycles. The Kier molecular flexibility index (Phi) is 6.55. The Morgan fingerprint density at radius 3 is 2.66 bits per heavy atom. The van der Waals surface area contributed by atoms with E-state index in [1.54, 1.807) is 22.4 Å². The molecule has 29 heavy (non-hydrogen) atoms. The Hall–Kier alpha value is -3.27. The van der Waals surface area contributed by atoms with E-state index >= 15 is 0 Å². The number of hydrogen-bond donors (Lipinski definition) is 1. The van der Waals surface area contributed by atoms with E-state index < -0.39 is 24.5 Å². The highest BCUT2D eigenvalue weighted by Crippen LogP contribution is 2.25. The number of thiazole rings is 1. The van der Waals surface area contributed by atoms with Gasteiger partial charge in [-0.2, -0.15) is 0 Å². The molecule has 1 aliphatic rings. The van der Waals surface area contributed by atoms with E-state index in [0.717, 1.165) is 6.42 Å². The molecule has 1 saturated heterocycles. The highest BCUT2D eigenvalue weighted by molar-refractivity contribution is 7.14. The van der Waals surface area contributed by atoms with Crippen LogP contribution in [0.1, 0.15) is 28.9 Å². The van der Waals surface area contributed by atoms with Crippen molar-refractivity contribution in [3.63, 3.8) is 0 Å². The van der Waals surface area contributed by atoms with Gasteiger partial charge in [0.1, 0.15) is 0 Å². The van der Waals surface area contributed by atoms with Crippen molar-refractivity contribution in [2.24, 2.45) is 0 Å². The smallest absolute Gasteiger partial charge is 0.337 e. The lowest BCUT2D eigenvalue weighted by atomic mass is 10.2. The fraction of sp³-hybridized carbons (Fsp3) is 0.316. The zero-order chi connectivity index (χ0) is 20.8.